The van der Waals surface area contributed by atoms with Gasteiger partial charge in [-0.2, -0.15) is 4.37 Å². The Hall–Kier alpha value is -2.43. The number of nitrogens with zero attached hydrogens (tertiary/aromatic N) is 3. The van der Waals surface area contributed by atoms with Crippen molar-refractivity contribution in [2.24, 2.45) is 0 Å². The van der Waals surface area contributed by atoms with E-state index in [2.05, 4.69) is 14.1 Å². The van der Waals surface area contributed by atoms with E-state index in [0.29, 0.717) is 0 Å². The van der Waals surface area contributed by atoms with E-state index < -0.39 is 26.6 Å². The Balaban J connectivity index is 0.000000519. The van der Waals surface area contributed by atoms with E-state index in [1.165, 1.54) is 6.33 Å². The first-order chi connectivity index (χ1) is 15.5. The Bertz CT molecular complexity index is 1010. The number of likely N-dealkylation sites (tertiary alicyclic amines) is 1. The van der Waals surface area contributed by atoms with Crippen LogP contribution in [0.15, 0.2) is 59.8 Å². The summed E-state index contributed by atoms with van der Waals surface area (Å²) in [7, 11) is -4.26. The molecule has 1 saturated heterocycles. The number of nitrogens with one attached hydrogen (secondary N) is 1. The van der Waals surface area contributed by atoms with Crippen molar-refractivity contribution in [1.29, 1.82) is 0 Å². The standard InChI is InChI=1S/C14H16F2N4O2S2.C6H6.C2H6.H2/c15-11-7-13(24(21,22)19-14-17-9-18-23-14)12(16)6-10(11)8-20-4-2-1-3-5-20;1-2-4-6-5-3-1;1-2;/h6-7,9H,1-5,8H2,(H,17,18,19);1-6H;1-2H3;1H. The summed E-state index contributed by atoms with van der Waals surface area (Å²) in [6, 6.07) is 13.7. The van der Waals surface area contributed by atoms with Crippen LogP contribution in [0.2, 0.25) is 0 Å². The largest absolute Gasteiger partial charge is 0.299 e. The predicted octanol–water partition coefficient (Wildman–Crippen LogP) is 5.56. The van der Waals surface area contributed by atoms with E-state index in [1.54, 1.807) is 0 Å². The van der Waals surface area contributed by atoms with E-state index in [9.17, 15) is 17.2 Å². The van der Waals surface area contributed by atoms with Gasteiger partial charge in [0.25, 0.3) is 10.0 Å². The van der Waals surface area contributed by atoms with Crippen LogP contribution in [0.4, 0.5) is 13.9 Å². The molecule has 0 unspecified atom stereocenters. The number of halogens is 2. The molecular formula is C22H30F2N4O2S2. The summed E-state index contributed by atoms with van der Waals surface area (Å²) < 4.78 is 58.7. The van der Waals surface area contributed by atoms with Gasteiger partial charge in [0, 0.05) is 25.1 Å². The maximum absolute atomic E-state index is 14.3. The molecule has 0 bridgehead atoms. The lowest BCUT2D eigenvalue weighted by Crippen LogP contribution is -2.29. The molecule has 1 aliphatic rings. The van der Waals surface area contributed by atoms with Crippen LogP contribution < -0.4 is 4.72 Å². The molecule has 0 amide bonds. The third kappa shape index (κ3) is 7.92. The first-order valence-electron chi connectivity index (χ1n) is 10.5. The summed E-state index contributed by atoms with van der Waals surface area (Å²) in [5.41, 5.74) is 0.157. The lowest BCUT2D eigenvalue weighted by Gasteiger charge is -2.26. The Morgan fingerprint density at radius 2 is 1.59 bits per heavy atom. The predicted molar refractivity (Wildman–Crippen MR) is 126 cm³/mol. The lowest BCUT2D eigenvalue weighted by atomic mass is 10.1. The average molecular weight is 485 g/mol. The number of piperidine rings is 1. The molecule has 10 heteroatoms. The second kappa shape index (κ2) is 13.2. The Kier molecular flexibility index (Phi) is 10.6. The summed E-state index contributed by atoms with van der Waals surface area (Å²) in [5.74, 6) is -1.72. The number of anilines is 1. The van der Waals surface area contributed by atoms with Crippen molar-refractivity contribution in [3.63, 3.8) is 0 Å². The van der Waals surface area contributed by atoms with E-state index in [1.807, 2.05) is 55.1 Å². The molecule has 2 heterocycles. The van der Waals surface area contributed by atoms with Crippen LogP contribution in [0.5, 0.6) is 0 Å². The van der Waals surface area contributed by atoms with Gasteiger partial charge < -0.3 is 0 Å². The molecule has 4 rings (SSSR count). The minimum atomic E-state index is -4.26. The van der Waals surface area contributed by atoms with Crippen molar-refractivity contribution in [3.8, 4) is 0 Å². The molecule has 0 atom stereocenters. The normalized spacial score (nSPS) is 13.9. The molecular weight excluding hydrogens is 454 g/mol. The topological polar surface area (TPSA) is 75.2 Å². The van der Waals surface area contributed by atoms with Gasteiger partial charge in [-0.05, 0) is 38.1 Å². The highest BCUT2D eigenvalue weighted by Gasteiger charge is 2.24. The van der Waals surface area contributed by atoms with Gasteiger partial charge in [-0.15, -0.1) is 0 Å². The van der Waals surface area contributed by atoms with Crippen LogP contribution in [-0.2, 0) is 16.6 Å². The molecule has 0 saturated carbocycles. The van der Waals surface area contributed by atoms with E-state index in [-0.39, 0.29) is 18.7 Å². The van der Waals surface area contributed by atoms with Gasteiger partial charge in [0.05, 0.1) is 0 Å². The fourth-order valence-corrected chi connectivity index (χ4v) is 4.76. The third-order valence-electron chi connectivity index (χ3n) is 4.48. The number of benzene rings is 2. The Morgan fingerprint density at radius 1 is 1.00 bits per heavy atom. The van der Waals surface area contributed by atoms with Crippen molar-refractivity contribution in [2.75, 3.05) is 17.8 Å². The maximum Gasteiger partial charge on any atom is 0.266 e. The van der Waals surface area contributed by atoms with E-state index in [0.717, 1.165) is 56.0 Å². The lowest BCUT2D eigenvalue weighted by molar-refractivity contribution is 0.218. The van der Waals surface area contributed by atoms with Crippen molar-refractivity contribution in [2.45, 2.75) is 44.6 Å². The minimum absolute atomic E-state index is 0. The zero-order chi connectivity index (χ0) is 23.4. The number of hydrogen-bond acceptors (Lipinski definition) is 6. The highest BCUT2D eigenvalue weighted by atomic mass is 32.2. The van der Waals surface area contributed by atoms with Crippen molar-refractivity contribution < 1.29 is 18.6 Å². The van der Waals surface area contributed by atoms with E-state index in [4.69, 9.17) is 0 Å². The van der Waals surface area contributed by atoms with Gasteiger partial charge in [-0.1, -0.05) is 56.7 Å². The molecule has 1 fully saturated rings. The first-order valence-corrected chi connectivity index (χ1v) is 12.7. The zero-order valence-corrected chi connectivity index (χ0v) is 19.8. The smallest absolute Gasteiger partial charge is 0.266 e. The Morgan fingerprint density at radius 3 is 2.12 bits per heavy atom. The fourth-order valence-electron chi connectivity index (χ4n) is 3.03. The molecule has 6 nitrogen and oxygen atoms in total. The Labute approximate surface area is 194 Å². The van der Waals surface area contributed by atoms with E-state index >= 15 is 0 Å². The van der Waals surface area contributed by atoms with Crippen molar-refractivity contribution in [3.05, 3.63) is 72.1 Å². The molecule has 32 heavy (non-hydrogen) atoms. The molecule has 2 aromatic carbocycles. The van der Waals surface area contributed by atoms with Gasteiger partial charge >= 0.3 is 0 Å². The highest BCUT2D eigenvalue weighted by Crippen LogP contribution is 2.24. The fraction of sp³-hybridized carbons (Fsp3) is 0.364. The van der Waals surface area contributed by atoms with Crippen LogP contribution in [0.3, 0.4) is 0 Å². The SMILES string of the molecule is CC.O=S(=O)(Nc1ncns1)c1cc(F)c(CN2CCCCC2)cc1F.[HH].c1ccccc1. The summed E-state index contributed by atoms with van der Waals surface area (Å²) in [4.78, 5) is 4.97. The minimum Gasteiger partial charge on any atom is -0.299 e. The monoisotopic (exact) mass is 484 g/mol. The number of sulfonamides is 1. The second-order valence-electron chi connectivity index (χ2n) is 6.72. The molecule has 0 aliphatic carbocycles. The summed E-state index contributed by atoms with van der Waals surface area (Å²) in [5, 5.41) is -0.00722. The van der Waals surface area contributed by atoms with Crippen molar-refractivity contribution in [1.82, 2.24) is 14.3 Å². The van der Waals surface area contributed by atoms with Crippen LogP contribution >= 0.6 is 11.5 Å². The second-order valence-corrected chi connectivity index (χ2v) is 9.15. The molecule has 3 aromatic rings. The van der Waals surface area contributed by atoms with Gasteiger partial charge in [0.2, 0.25) is 5.13 Å². The summed E-state index contributed by atoms with van der Waals surface area (Å²) >= 11 is 0.807. The van der Waals surface area contributed by atoms with Crippen molar-refractivity contribution >= 4 is 26.7 Å². The molecule has 0 spiro atoms. The highest BCUT2D eigenvalue weighted by molar-refractivity contribution is 7.93. The van der Waals surface area contributed by atoms with Crippen LogP contribution in [-0.4, -0.2) is 35.8 Å². The van der Waals surface area contributed by atoms with Crippen LogP contribution in [0.25, 0.3) is 0 Å². The zero-order valence-electron chi connectivity index (χ0n) is 18.2. The molecule has 0 radical (unpaired) electrons. The van der Waals surface area contributed by atoms with Gasteiger partial charge in [-0.3, -0.25) is 9.62 Å². The number of rotatable bonds is 5. The number of aromatic nitrogens is 2. The summed E-state index contributed by atoms with van der Waals surface area (Å²) in [6.45, 7) is 5.94. The molecule has 176 valence electrons. The maximum atomic E-state index is 14.3. The molecule has 1 N–H and O–H groups in total. The molecule has 1 aliphatic heterocycles. The summed E-state index contributed by atoms with van der Waals surface area (Å²) in [6.07, 6.45) is 4.37. The van der Waals surface area contributed by atoms with Gasteiger partial charge in [0.15, 0.2) is 0 Å². The van der Waals surface area contributed by atoms with Crippen LogP contribution in [0.1, 0.15) is 40.1 Å². The van der Waals surface area contributed by atoms with Crippen LogP contribution in [0, 0.1) is 11.6 Å². The average Bonchev–Trinajstić information content (AvgIpc) is 3.32. The van der Waals surface area contributed by atoms with Gasteiger partial charge in [-0.25, -0.2) is 22.2 Å². The molecule has 1 aromatic heterocycles. The quantitative estimate of drug-likeness (QED) is 0.513. The van der Waals surface area contributed by atoms with Gasteiger partial charge in [0.1, 0.15) is 22.9 Å². The number of hydrogen-bond donors (Lipinski definition) is 1. The first kappa shape index (κ1) is 25.8. The third-order valence-corrected chi connectivity index (χ3v) is 6.55.